The van der Waals surface area contributed by atoms with Crippen molar-refractivity contribution in [2.24, 2.45) is 0 Å². The van der Waals surface area contributed by atoms with Crippen molar-refractivity contribution in [2.45, 2.75) is 10.9 Å². The number of hydrogen-bond donors (Lipinski definition) is 1. The Labute approximate surface area is 185 Å². The highest BCUT2D eigenvalue weighted by atomic mass is 35.5. The summed E-state index contributed by atoms with van der Waals surface area (Å²) in [6, 6.07) is 13.3. The zero-order chi connectivity index (χ0) is 20.6. The number of thioether (sulfide) groups is 1. The van der Waals surface area contributed by atoms with Crippen LogP contribution in [0.2, 0.25) is 10.0 Å². The van der Waals surface area contributed by atoms with Crippen LogP contribution in [-0.4, -0.2) is 56.5 Å². The van der Waals surface area contributed by atoms with Gasteiger partial charge in [-0.25, -0.2) is 0 Å². The summed E-state index contributed by atoms with van der Waals surface area (Å²) in [4.78, 5) is 15.6. The van der Waals surface area contributed by atoms with E-state index in [4.69, 9.17) is 32.7 Å². The summed E-state index contributed by atoms with van der Waals surface area (Å²) in [5.74, 6) is 1.05. The van der Waals surface area contributed by atoms with E-state index < -0.39 is 0 Å². The molecule has 1 fully saturated rings. The van der Waals surface area contributed by atoms with E-state index >= 15 is 0 Å². The molecule has 156 valence electrons. The molecule has 0 radical (unpaired) electrons. The third-order valence-corrected chi connectivity index (χ3v) is 6.46. The van der Waals surface area contributed by atoms with E-state index in [1.807, 2.05) is 24.3 Å². The minimum Gasteiger partial charge on any atom is -0.497 e. The predicted molar refractivity (Wildman–Crippen MR) is 118 cm³/mol. The molecule has 1 amide bonds. The normalized spacial score (nSPS) is 15.7. The van der Waals surface area contributed by atoms with Crippen molar-refractivity contribution in [2.75, 3.05) is 45.7 Å². The number of benzene rings is 2. The number of ether oxygens (including phenoxy) is 2. The number of methoxy groups -OCH3 is 1. The Morgan fingerprint density at radius 2 is 1.93 bits per heavy atom. The summed E-state index contributed by atoms with van der Waals surface area (Å²) in [6.45, 7) is 3.58. The van der Waals surface area contributed by atoms with Crippen LogP contribution in [0.15, 0.2) is 47.4 Å². The fourth-order valence-electron chi connectivity index (χ4n) is 3.17. The number of carbonyl (C=O) groups excluding carboxylic acids is 1. The first kappa shape index (κ1) is 22.2. The number of halogens is 2. The van der Waals surface area contributed by atoms with Gasteiger partial charge in [0.05, 0.1) is 37.1 Å². The van der Waals surface area contributed by atoms with Gasteiger partial charge >= 0.3 is 0 Å². The average Bonchev–Trinajstić information content (AvgIpc) is 2.75. The summed E-state index contributed by atoms with van der Waals surface area (Å²) < 4.78 is 10.7. The van der Waals surface area contributed by atoms with Crippen molar-refractivity contribution in [3.8, 4) is 5.75 Å². The summed E-state index contributed by atoms with van der Waals surface area (Å²) >= 11 is 13.6. The topological polar surface area (TPSA) is 50.8 Å². The molecule has 1 N–H and O–H groups in total. The van der Waals surface area contributed by atoms with Crippen molar-refractivity contribution in [3.05, 3.63) is 58.1 Å². The summed E-state index contributed by atoms with van der Waals surface area (Å²) in [7, 11) is 1.65. The second kappa shape index (κ2) is 11.1. The molecule has 0 aliphatic carbocycles. The Balaban J connectivity index is 1.61. The molecule has 5 nitrogen and oxygen atoms in total. The van der Waals surface area contributed by atoms with E-state index in [0.717, 1.165) is 29.3 Å². The highest BCUT2D eigenvalue weighted by Crippen LogP contribution is 2.30. The van der Waals surface area contributed by atoms with Gasteiger partial charge in [0.1, 0.15) is 5.75 Å². The van der Waals surface area contributed by atoms with Gasteiger partial charge in [0, 0.05) is 29.6 Å². The van der Waals surface area contributed by atoms with Crippen LogP contribution >= 0.6 is 35.0 Å². The van der Waals surface area contributed by atoms with Crippen LogP contribution in [0.25, 0.3) is 0 Å². The molecule has 1 unspecified atom stereocenters. The smallest absolute Gasteiger partial charge is 0.230 e. The molecule has 1 saturated heterocycles. The molecule has 0 spiro atoms. The number of nitrogens with zero attached hydrogens (tertiary/aromatic N) is 1. The first-order valence-electron chi connectivity index (χ1n) is 9.37. The van der Waals surface area contributed by atoms with Gasteiger partial charge in [0.2, 0.25) is 5.91 Å². The Kier molecular flexibility index (Phi) is 8.51. The van der Waals surface area contributed by atoms with E-state index in [1.165, 1.54) is 11.8 Å². The fourth-order valence-corrected chi connectivity index (χ4v) is 4.49. The van der Waals surface area contributed by atoms with Gasteiger partial charge in [0.25, 0.3) is 0 Å². The quantitative estimate of drug-likeness (QED) is 0.603. The molecule has 0 bridgehead atoms. The molecule has 1 aliphatic heterocycles. The molecular formula is C21H24Cl2N2O3S. The highest BCUT2D eigenvalue weighted by molar-refractivity contribution is 8.00. The van der Waals surface area contributed by atoms with Crippen molar-refractivity contribution in [1.29, 1.82) is 0 Å². The molecule has 8 heteroatoms. The first-order chi connectivity index (χ1) is 14.1. The minimum atomic E-state index is -0.0437. The van der Waals surface area contributed by atoms with Crippen molar-refractivity contribution < 1.29 is 14.3 Å². The fraction of sp³-hybridized carbons (Fsp3) is 0.381. The largest absolute Gasteiger partial charge is 0.497 e. The van der Waals surface area contributed by atoms with Crippen LogP contribution in [-0.2, 0) is 9.53 Å². The number of rotatable bonds is 8. The lowest BCUT2D eigenvalue weighted by atomic mass is 10.0. The summed E-state index contributed by atoms with van der Waals surface area (Å²) in [6.07, 6.45) is 0. The third kappa shape index (κ3) is 6.52. The highest BCUT2D eigenvalue weighted by Gasteiger charge is 2.23. The zero-order valence-corrected chi connectivity index (χ0v) is 18.5. The lowest BCUT2D eigenvalue weighted by molar-refractivity contribution is -0.118. The van der Waals surface area contributed by atoms with Gasteiger partial charge in [-0.2, -0.15) is 0 Å². The van der Waals surface area contributed by atoms with Gasteiger partial charge in [-0.3, -0.25) is 9.69 Å². The van der Waals surface area contributed by atoms with Crippen molar-refractivity contribution in [1.82, 2.24) is 10.2 Å². The van der Waals surface area contributed by atoms with Crippen molar-refractivity contribution >= 4 is 40.9 Å². The first-order valence-corrected chi connectivity index (χ1v) is 11.1. The van der Waals surface area contributed by atoms with E-state index in [0.29, 0.717) is 29.8 Å². The van der Waals surface area contributed by atoms with Gasteiger partial charge in [0.15, 0.2) is 0 Å². The lowest BCUT2D eigenvalue weighted by Gasteiger charge is -2.35. The predicted octanol–water partition coefficient (Wildman–Crippen LogP) is 4.28. The molecule has 0 saturated carbocycles. The number of morpholine rings is 1. The second-order valence-corrected chi connectivity index (χ2v) is 8.47. The summed E-state index contributed by atoms with van der Waals surface area (Å²) in [5, 5.41) is 4.26. The number of hydrogen-bond acceptors (Lipinski definition) is 5. The van der Waals surface area contributed by atoms with Gasteiger partial charge in [-0.15, -0.1) is 11.8 Å². The Morgan fingerprint density at radius 3 is 2.62 bits per heavy atom. The zero-order valence-electron chi connectivity index (χ0n) is 16.2. The monoisotopic (exact) mass is 454 g/mol. The Hall–Kier alpha value is -1.44. The maximum Gasteiger partial charge on any atom is 0.230 e. The number of amides is 1. The van der Waals surface area contributed by atoms with E-state index in [9.17, 15) is 4.79 Å². The lowest BCUT2D eigenvalue weighted by Crippen LogP contribution is -2.44. The van der Waals surface area contributed by atoms with Gasteiger partial charge in [-0.05, 0) is 35.9 Å². The van der Waals surface area contributed by atoms with Gasteiger partial charge < -0.3 is 14.8 Å². The van der Waals surface area contributed by atoms with Crippen LogP contribution in [0.5, 0.6) is 5.75 Å². The SMILES string of the molecule is COc1ccc(C(CNC(=O)CSc2cc(Cl)ccc2Cl)N2CCOCC2)cc1. The molecule has 1 heterocycles. The molecule has 3 rings (SSSR count). The molecule has 0 aromatic heterocycles. The standard InChI is InChI=1S/C21H24Cl2N2O3S/c1-27-17-5-2-15(3-6-17)19(25-8-10-28-11-9-25)13-24-21(26)14-29-20-12-16(22)4-7-18(20)23/h2-7,12,19H,8-11,13-14H2,1H3,(H,24,26). The minimum absolute atomic E-state index is 0.0437. The van der Waals surface area contributed by atoms with Crippen LogP contribution in [0.3, 0.4) is 0 Å². The molecule has 29 heavy (non-hydrogen) atoms. The van der Waals surface area contributed by atoms with E-state index in [-0.39, 0.29) is 17.7 Å². The van der Waals surface area contributed by atoms with E-state index in [2.05, 4.69) is 10.2 Å². The van der Waals surface area contributed by atoms with Crippen LogP contribution in [0.1, 0.15) is 11.6 Å². The van der Waals surface area contributed by atoms with E-state index in [1.54, 1.807) is 25.3 Å². The Morgan fingerprint density at radius 1 is 1.21 bits per heavy atom. The molecular weight excluding hydrogens is 431 g/mol. The molecule has 1 atom stereocenters. The maximum atomic E-state index is 12.5. The average molecular weight is 455 g/mol. The Bertz CT molecular complexity index is 814. The summed E-state index contributed by atoms with van der Waals surface area (Å²) in [5.41, 5.74) is 1.14. The molecule has 1 aliphatic rings. The number of nitrogens with one attached hydrogen (secondary N) is 1. The van der Waals surface area contributed by atoms with Crippen LogP contribution in [0.4, 0.5) is 0 Å². The third-order valence-electron chi connectivity index (χ3n) is 4.73. The van der Waals surface area contributed by atoms with Gasteiger partial charge in [-0.1, -0.05) is 35.3 Å². The molecule has 2 aromatic carbocycles. The maximum absolute atomic E-state index is 12.5. The van der Waals surface area contributed by atoms with Crippen LogP contribution < -0.4 is 10.1 Å². The number of carbonyl (C=O) groups is 1. The second-order valence-electron chi connectivity index (χ2n) is 6.60. The van der Waals surface area contributed by atoms with Crippen molar-refractivity contribution in [3.63, 3.8) is 0 Å². The van der Waals surface area contributed by atoms with Crippen LogP contribution in [0, 0.1) is 0 Å². The molecule has 2 aromatic rings.